The quantitative estimate of drug-likeness (QED) is 0.628. The predicted octanol–water partition coefficient (Wildman–Crippen LogP) is 1.15. The summed E-state index contributed by atoms with van der Waals surface area (Å²) in [5, 5.41) is 11.1. The fourth-order valence-corrected chi connectivity index (χ4v) is 2.46. The molecule has 0 saturated heterocycles. The van der Waals surface area contributed by atoms with Crippen molar-refractivity contribution in [2.24, 2.45) is 7.05 Å². The van der Waals surface area contributed by atoms with Crippen molar-refractivity contribution in [2.45, 2.75) is 11.7 Å². The number of methoxy groups -OCH3 is 1. The van der Waals surface area contributed by atoms with Gasteiger partial charge in [-0.05, 0) is 18.2 Å². The van der Waals surface area contributed by atoms with Gasteiger partial charge in [0.1, 0.15) is 5.82 Å². The monoisotopic (exact) mass is 338 g/mol. The van der Waals surface area contributed by atoms with E-state index >= 15 is 0 Å². The number of carbonyl (C=O) groups is 2. The van der Waals surface area contributed by atoms with Crippen molar-refractivity contribution in [3.8, 4) is 0 Å². The minimum atomic E-state index is -0.474. The Hall–Kier alpha value is -2.42. The van der Waals surface area contributed by atoms with Crippen LogP contribution in [-0.2, 0) is 23.1 Å². The molecule has 2 rings (SSSR count). The van der Waals surface area contributed by atoms with E-state index in [4.69, 9.17) is 0 Å². The Morgan fingerprint density at radius 1 is 1.39 bits per heavy atom. The average molecular weight is 338 g/mol. The molecule has 0 bridgehead atoms. The zero-order chi connectivity index (χ0) is 16.8. The second-order valence-electron chi connectivity index (χ2n) is 4.52. The number of ether oxygens (including phenoxy) is 1. The lowest BCUT2D eigenvalue weighted by atomic mass is 10.2. The molecule has 1 aromatic heterocycles. The number of rotatable bonds is 6. The van der Waals surface area contributed by atoms with Crippen molar-refractivity contribution in [2.75, 3.05) is 12.9 Å². The van der Waals surface area contributed by atoms with E-state index in [0.717, 1.165) is 6.07 Å². The Morgan fingerprint density at radius 2 is 2.17 bits per heavy atom. The van der Waals surface area contributed by atoms with Gasteiger partial charge >= 0.3 is 5.97 Å². The Morgan fingerprint density at radius 3 is 2.87 bits per heavy atom. The fraction of sp³-hybridized carbons (Fsp3) is 0.286. The molecular weight excluding hydrogens is 323 g/mol. The molecule has 9 heteroatoms. The number of thioether (sulfide) groups is 1. The molecular formula is C14H15FN4O3S. The van der Waals surface area contributed by atoms with Crippen LogP contribution in [0.25, 0.3) is 0 Å². The van der Waals surface area contributed by atoms with E-state index in [2.05, 4.69) is 20.3 Å². The molecule has 0 saturated carbocycles. The van der Waals surface area contributed by atoms with Gasteiger partial charge in [-0.15, -0.1) is 10.2 Å². The second kappa shape index (κ2) is 7.73. The molecule has 1 N–H and O–H groups in total. The summed E-state index contributed by atoms with van der Waals surface area (Å²) >= 11 is 1.19. The first-order valence-electron chi connectivity index (χ1n) is 6.63. The Bertz CT molecular complexity index is 720. The summed E-state index contributed by atoms with van der Waals surface area (Å²) in [5.41, 5.74) is 0.229. The van der Waals surface area contributed by atoms with Crippen LogP contribution in [0.15, 0.2) is 29.4 Å². The number of esters is 1. The highest BCUT2D eigenvalue weighted by atomic mass is 32.2. The van der Waals surface area contributed by atoms with Crippen molar-refractivity contribution in [1.29, 1.82) is 0 Å². The number of nitrogens with zero attached hydrogens (tertiary/aromatic N) is 3. The zero-order valence-corrected chi connectivity index (χ0v) is 13.4. The molecule has 1 heterocycles. The van der Waals surface area contributed by atoms with Crippen LogP contribution in [0.1, 0.15) is 16.2 Å². The predicted molar refractivity (Wildman–Crippen MR) is 81.3 cm³/mol. The Balaban J connectivity index is 1.94. The maximum absolute atomic E-state index is 13.1. The third kappa shape index (κ3) is 4.52. The van der Waals surface area contributed by atoms with Gasteiger partial charge in [-0.3, -0.25) is 9.59 Å². The number of aromatic nitrogens is 3. The van der Waals surface area contributed by atoms with Crippen LogP contribution in [0, 0.1) is 5.82 Å². The van der Waals surface area contributed by atoms with Crippen LogP contribution in [-0.4, -0.2) is 39.5 Å². The maximum atomic E-state index is 13.1. The third-order valence-corrected chi connectivity index (χ3v) is 3.96. The number of carbonyl (C=O) groups excluding carboxylic acids is 2. The number of nitrogens with one attached hydrogen (secondary N) is 1. The van der Waals surface area contributed by atoms with Gasteiger partial charge in [0.15, 0.2) is 11.0 Å². The van der Waals surface area contributed by atoms with Gasteiger partial charge in [-0.25, -0.2) is 4.39 Å². The lowest BCUT2D eigenvalue weighted by Crippen LogP contribution is -2.24. The van der Waals surface area contributed by atoms with E-state index in [1.165, 1.54) is 37.1 Å². The number of hydrogen-bond donors (Lipinski definition) is 1. The SMILES string of the molecule is COC(=O)CSc1nnc(CNC(=O)c2cccc(F)c2)n1C. The molecule has 0 radical (unpaired) electrons. The molecule has 0 aliphatic carbocycles. The molecule has 0 unspecified atom stereocenters. The van der Waals surface area contributed by atoms with Gasteiger partial charge in [0.2, 0.25) is 0 Å². The molecule has 122 valence electrons. The summed E-state index contributed by atoms with van der Waals surface area (Å²) in [5.74, 6) is -0.604. The summed E-state index contributed by atoms with van der Waals surface area (Å²) in [6, 6.07) is 5.41. The highest BCUT2D eigenvalue weighted by molar-refractivity contribution is 7.99. The topological polar surface area (TPSA) is 86.1 Å². The van der Waals surface area contributed by atoms with Crippen LogP contribution in [0.4, 0.5) is 4.39 Å². The van der Waals surface area contributed by atoms with Crippen molar-refractivity contribution in [3.63, 3.8) is 0 Å². The lowest BCUT2D eigenvalue weighted by Gasteiger charge is -2.06. The normalized spacial score (nSPS) is 10.4. The first-order valence-corrected chi connectivity index (χ1v) is 7.61. The summed E-state index contributed by atoms with van der Waals surface area (Å²) < 4.78 is 19.3. The van der Waals surface area contributed by atoms with E-state index in [0.29, 0.717) is 11.0 Å². The van der Waals surface area contributed by atoms with Crippen molar-refractivity contribution >= 4 is 23.6 Å². The highest BCUT2D eigenvalue weighted by Gasteiger charge is 2.13. The number of benzene rings is 1. The number of amides is 1. The van der Waals surface area contributed by atoms with E-state index in [1.807, 2.05) is 0 Å². The summed E-state index contributed by atoms with van der Waals surface area (Å²) in [7, 11) is 3.04. The van der Waals surface area contributed by atoms with E-state index in [-0.39, 0.29) is 23.8 Å². The molecule has 1 aromatic carbocycles. The van der Waals surface area contributed by atoms with Crippen LogP contribution < -0.4 is 5.32 Å². The van der Waals surface area contributed by atoms with Crippen LogP contribution >= 0.6 is 11.8 Å². The van der Waals surface area contributed by atoms with Gasteiger partial charge in [-0.1, -0.05) is 17.8 Å². The largest absolute Gasteiger partial charge is 0.468 e. The van der Waals surface area contributed by atoms with Crippen LogP contribution in [0.2, 0.25) is 0 Å². The molecule has 0 spiro atoms. The van der Waals surface area contributed by atoms with Gasteiger partial charge < -0.3 is 14.6 Å². The Labute approximate surface area is 136 Å². The van der Waals surface area contributed by atoms with Crippen molar-refractivity contribution in [1.82, 2.24) is 20.1 Å². The smallest absolute Gasteiger partial charge is 0.316 e. The zero-order valence-electron chi connectivity index (χ0n) is 12.6. The average Bonchev–Trinajstić information content (AvgIpc) is 2.90. The van der Waals surface area contributed by atoms with Gasteiger partial charge in [0, 0.05) is 12.6 Å². The van der Waals surface area contributed by atoms with Crippen LogP contribution in [0.3, 0.4) is 0 Å². The summed E-state index contributed by atoms with van der Waals surface area (Å²) in [6.07, 6.45) is 0. The van der Waals surface area contributed by atoms with Gasteiger partial charge in [0.25, 0.3) is 5.91 Å². The first kappa shape index (κ1) is 16.9. The first-order chi connectivity index (χ1) is 11.0. The van der Waals surface area contributed by atoms with Gasteiger partial charge in [0.05, 0.1) is 19.4 Å². The molecule has 0 aliphatic heterocycles. The maximum Gasteiger partial charge on any atom is 0.316 e. The molecule has 2 aromatic rings. The van der Waals surface area contributed by atoms with E-state index in [9.17, 15) is 14.0 Å². The lowest BCUT2D eigenvalue weighted by molar-refractivity contribution is -0.137. The fourth-order valence-electron chi connectivity index (χ4n) is 1.70. The molecule has 1 amide bonds. The van der Waals surface area contributed by atoms with E-state index in [1.54, 1.807) is 11.6 Å². The Kier molecular flexibility index (Phi) is 5.69. The highest BCUT2D eigenvalue weighted by Crippen LogP contribution is 2.15. The molecule has 23 heavy (non-hydrogen) atoms. The van der Waals surface area contributed by atoms with Crippen molar-refractivity contribution < 1.29 is 18.7 Å². The van der Waals surface area contributed by atoms with Crippen LogP contribution in [0.5, 0.6) is 0 Å². The molecule has 0 fully saturated rings. The van der Waals surface area contributed by atoms with Gasteiger partial charge in [-0.2, -0.15) is 0 Å². The van der Waals surface area contributed by atoms with E-state index < -0.39 is 11.7 Å². The summed E-state index contributed by atoms with van der Waals surface area (Å²) in [6.45, 7) is 0.137. The van der Waals surface area contributed by atoms with Crippen molar-refractivity contribution in [3.05, 3.63) is 41.5 Å². The minimum Gasteiger partial charge on any atom is -0.468 e. The minimum absolute atomic E-state index is 0.123. The number of halogens is 1. The molecule has 0 aliphatic rings. The molecule has 0 atom stereocenters. The summed E-state index contributed by atoms with van der Waals surface area (Å²) in [4.78, 5) is 23.1. The third-order valence-electron chi connectivity index (χ3n) is 2.97. The standard InChI is InChI=1S/C14H15FN4O3S/c1-19-11(17-18-14(19)23-8-12(20)22-2)7-16-13(21)9-4-3-5-10(15)6-9/h3-6H,7-8H2,1-2H3,(H,16,21). The second-order valence-corrected chi connectivity index (χ2v) is 5.46. The molecule has 7 nitrogen and oxygen atoms in total. The number of hydrogen-bond acceptors (Lipinski definition) is 6.